The first-order valence-corrected chi connectivity index (χ1v) is 9.04. The second-order valence-corrected chi connectivity index (χ2v) is 6.99. The molecule has 4 nitrogen and oxygen atoms in total. The molecule has 1 unspecified atom stereocenters. The zero-order valence-electron chi connectivity index (χ0n) is 16.2. The highest BCUT2D eigenvalue weighted by atomic mass is 16.5. The molecule has 0 bridgehead atoms. The van der Waals surface area contributed by atoms with Gasteiger partial charge in [-0.3, -0.25) is 0 Å². The Morgan fingerprint density at radius 1 is 1.26 bits per heavy atom. The summed E-state index contributed by atoms with van der Waals surface area (Å²) in [5.41, 5.74) is 9.58. The molecule has 0 radical (unpaired) electrons. The monoisotopic (exact) mass is 362 g/mol. The van der Waals surface area contributed by atoms with Gasteiger partial charge in [0.05, 0.1) is 12.7 Å². The fourth-order valence-corrected chi connectivity index (χ4v) is 3.17. The van der Waals surface area contributed by atoms with Crippen LogP contribution in [-0.2, 0) is 0 Å². The van der Waals surface area contributed by atoms with E-state index in [9.17, 15) is 0 Å². The molecular weight excluding hydrogens is 336 g/mol. The van der Waals surface area contributed by atoms with Gasteiger partial charge in [-0.25, -0.2) is 4.99 Å². The van der Waals surface area contributed by atoms with Crippen LogP contribution in [-0.4, -0.2) is 18.7 Å². The van der Waals surface area contributed by atoms with Gasteiger partial charge < -0.3 is 15.2 Å². The summed E-state index contributed by atoms with van der Waals surface area (Å²) in [6, 6.07) is 15.7. The number of ether oxygens (including phenoxy) is 2. The minimum absolute atomic E-state index is 0.521. The minimum Gasteiger partial charge on any atom is -0.497 e. The van der Waals surface area contributed by atoms with Crippen LogP contribution in [0.5, 0.6) is 11.5 Å². The van der Waals surface area contributed by atoms with Crippen LogP contribution in [0.4, 0.5) is 0 Å². The van der Waals surface area contributed by atoms with E-state index in [2.05, 4.69) is 30.6 Å². The van der Waals surface area contributed by atoms with Crippen LogP contribution in [0.1, 0.15) is 37.8 Å². The summed E-state index contributed by atoms with van der Waals surface area (Å²) in [5.74, 6) is 2.15. The van der Waals surface area contributed by atoms with Crippen LogP contribution in [0.2, 0.25) is 0 Å². The summed E-state index contributed by atoms with van der Waals surface area (Å²) in [7, 11) is 1.67. The van der Waals surface area contributed by atoms with Gasteiger partial charge >= 0.3 is 0 Å². The van der Waals surface area contributed by atoms with E-state index in [1.165, 1.54) is 0 Å². The van der Waals surface area contributed by atoms with E-state index in [-0.39, 0.29) is 0 Å². The van der Waals surface area contributed by atoms with Gasteiger partial charge in [-0.15, -0.1) is 0 Å². The molecule has 2 aromatic rings. The Kier molecular flexibility index (Phi) is 5.36. The average Bonchev–Trinajstić information content (AvgIpc) is 2.66. The van der Waals surface area contributed by atoms with Gasteiger partial charge in [-0.2, -0.15) is 0 Å². The van der Waals surface area contributed by atoms with Gasteiger partial charge in [0.1, 0.15) is 17.3 Å². The number of benzene rings is 2. The second kappa shape index (κ2) is 7.70. The summed E-state index contributed by atoms with van der Waals surface area (Å²) >= 11 is 0. The van der Waals surface area contributed by atoms with Gasteiger partial charge in [-0.05, 0) is 55.7 Å². The molecule has 0 fully saturated rings. The minimum atomic E-state index is -0.681. The van der Waals surface area contributed by atoms with Crippen molar-refractivity contribution in [2.75, 3.05) is 7.11 Å². The Hall–Kier alpha value is -3.01. The molecule has 140 valence electrons. The van der Waals surface area contributed by atoms with Crippen molar-refractivity contribution in [2.45, 2.75) is 32.4 Å². The summed E-state index contributed by atoms with van der Waals surface area (Å²) < 4.78 is 11.4. The number of hydrogen-bond donors (Lipinski definition) is 1. The summed E-state index contributed by atoms with van der Waals surface area (Å²) in [4.78, 5) is 4.58. The van der Waals surface area contributed by atoms with E-state index in [0.29, 0.717) is 12.3 Å². The lowest BCUT2D eigenvalue weighted by Crippen LogP contribution is -2.37. The van der Waals surface area contributed by atoms with E-state index in [1.807, 2.05) is 49.4 Å². The SMILES string of the molecule is C=C(/C=C(\C)c1cccc(OC)c1)CCC1(C)N=C(N)c2ccccc2O1. The summed E-state index contributed by atoms with van der Waals surface area (Å²) in [6.45, 7) is 8.23. The average molecular weight is 362 g/mol. The number of amidine groups is 1. The van der Waals surface area contributed by atoms with Crippen molar-refractivity contribution in [1.82, 2.24) is 0 Å². The predicted octanol–water partition coefficient (Wildman–Crippen LogP) is 4.95. The Bertz CT molecular complexity index is 914. The summed E-state index contributed by atoms with van der Waals surface area (Å²) in [6.07, 6.45) is 3.56. The van der Waals surface area contributed by atoms with Crippen LogP contribution in [0.15, 0.2) is 71.8 Å². The first-order chi connectivity index (χ1) is 12.9. The Labute approximate surface area is 161 Å². The van der Waals surface area contributed by atoms with E-state index in [1.54, 1.807) is 7.11 Å². The number of methoxy groups -OCH3 is 1. The predicted molar refractivity (Wildman–Crippen MR) is 111 cm³/mol. The van der Waals surface area contributed by atoms with Gasteiger partial charge in [0, 0.05) is 6.42 Å². The van der Waals surface area contributed by atoms with E-state index in [0.717, 1.165) is 40.2 Å². The highest BCUT2D eigenvalue weighted by molar-refractivity contribution is 6.00. The molecule has 0 amide bonds. The molecule has 4 heteroatoms. The molecule has 27 heavy (non-hydrogen) atoms. The topological polar surface area (TPSA) is 56.8 Å². The lowest BCUT2D eigenvalue weighted by atomic mass is 9.99. The third kappa shape index (κ3) is 4.40. The smallest absolute Gasteiger partial charge is 0.199 e. The standard InChI is InChI=1S/C23H26N2O2/c1-16(14-17(2)18-8-7-9-19(15-18)26-4)12-13-23(3)25-22(24)20-10-5-6-11-21(20)27-23/h5-11,14-15H,1,12-13H2,2-4H3,(H2,24,25)/b17-14+. The fourth-order valence-electron chi connectivity index (χ4n) is 3.17. The van der Waals surface area contributed by atoms with E-state index in [4.69, 9.17) is 15.2 Å². The number of nitrogens with zero attached hydrogens (tertiary/aromatic N) is 1. The molecule has 0 saturated carbocycles. The lowest BCUT2D eigenvalue weighted by molar-refractivity contribution is 0.0850. The van der Waals surface area contributed by atoms with Crippen molar-refractivity contribution in [3.63, 3.8) is 0 Å². The largest absolute Gasteiger partial charge is 0.497 e. The normalized spacial score (nSPS) is 18.9. The number of aliphatic imine (C=N–C) groups is 1. The van der Waals surface area contributed by atoms with Crippen molar-refractivity contribution < 1.29 is 9.47 Å². The van der Waals surface area contributed by atoms with E-state index < -0.39 is 5.72 Å². The van der Waals surface area contributed by atoms with Crippen LogP contribution in [0.3, 0.4) is 0 Å². The van der Waals surface area contributed by atoms with Crippen molar-refractivity contribution in [3.05, 3.63) is 77.9 Å². The number of nitrogens with two attached hydrogens (primary N) is 1. The van der Waals surface area contributed by atoms with E-state index >= 15 is 0 Å². The number of fused-ring (bicyclic) bond motifs is 1. The first-order valence-electron chi connectivity index (χ1n) is 9.04. The maximum absolute atomic E-state index is 6.14. The molecule has 1 heterocycles. The molecule has 0 saturated heterocycles. The molecule has 2 aromatic carbocycles. The maximum atomic E-state index is 6.14. The lowest BCUT2D eigenvalue weighted by Gasteiger charge is -2.32. The van der Waals surface area contributed by atoms with Gasteiger partial charge in [0.2, 0.25) is 0 Å². The third-order valence-electron chi connectivity index (χ3n) is 4.71. The molecule has 3 rings (SSSR count). The van der Waals surface area contributed by atoms with Crippen molar-refractivity contribution >= 4 is 11.4 Å². The van der Waals surface area contributed by atoms with Gasteiger partial charge in [0.25, 0.3) is 0 Å². The van der Waals surface area contributed by atoms with Crippen LogP contribution < -0.4 is 15.2 Å². The Balaban J connectivity index is 1.68. The Morgan fingerprint density at radius 2 is 2.04 bits per heavy atom. The van der Waals surface area contributed by atoms with Crippen molar-refractivity contribution in [1.29, 1.82) is 0 Å². The third-order valence-corrected chi connectivity index (χ3v) is 4.71. The van der Waals surface area contributed by atoms with Crippen LogP contribution >= 0.6 is 0 Å². The molecule has 0 aromatic heterocycles. The zero-order chi connectivity index (χ0) is 19.4. The molecular formula is C23H26N2O2. The van der Waals surface area contributed by atoms with Crippen molar-refractivity contribution in [2.24, 2.45) is 10.7 Å². The number of rotatable bonds is 6. The zero-order valence-corrected chi connectivity index (χ0v) is 16.2. The first kappa shape index (κ1) is 18.8. The summed E-state index contributed by atoms with van der Waals surface area (Å²) in [5, 5.41) is 0. The van der Waals surface area contributed by atoms with Crippen LogP contribution in [0.25, 0.3) is 5.57 Å². The fraction of sp³-hybridized carbons (Fsp3) is 0.261. The molecule has 0 aliphatic carbocycles. The molecule has 1 aliphatic heterocycles. The second-order valence-electron chi connectivity index (χ2n) is 6.99. The Morgan fingerprint density at radius 3 is 2.81 bits per heavy atom. The van der Waals surface area contributed by atoms with Crippen LogP contribution in [0, 0.1) is 0 Å². The molecule has 1 atom stereocenters. The maximum Gasteiger partial charge on any atom is 0.199 e. The van der Waals surface area contributed by atoms with Gasteiger partial charge in [-0.1, -0.05) is 42.5 Å². The van der Waals surface area contributed by atoms with Gasteiger partial charge in [0.15, 0.2) is 5.72 Å². The highest BCUT2D eigenvalue weighted by Crippen LogP contribution is 2.33. The number of hydrogen-bond acceptors (Lipinski definition) is 4. The number of para-hydroxylation sites is 1. The number of allylic oxidation sites excluding steroid dienone is 3. The molecule has 1 aliphatic rings. The van der Waals surface area contributed by atoms with Crippen molar-refractivity contribution in [3.8, 4) is 11.5 Å². The quantitative estimate of drug-likeness (QED) is 0.740. The highest BCUT2D eigenvalue weighted by Gasteiger charge is 2.31. The molecule has 0 spiro atoms. The molecule has 2 N–H and O–H groups in total.